The van der Waals surface area contributed by atoms with Gasteiger partial charge in [-0.15, -0.1) is 0 Å². The summed E-state index contributed by atoms with van der Waals surface area (Å²) in [5, 5.41) is 3.07. The number of aryl methyl sites for hydroxylation is 1. The molecule has 2 rings (SSSR count). The van der Waals surface area contributed by atoms with Crippen LogP contribution < -0.4 is 11.1 Å². The van der Waals surface area contributed by atoms with Crippen LogP contribution in [0, 0.1) is 6.92 Å². The molecule has 0 aromatic carbocycles. The second-order valence-corrected chi connectivity index (χ2v) is 4.93. The number of rotatable bonds is 3. The fourth-order valence-electron chi connectivity index (χ4n) is 2.51. The van der Waals surface area contributed by atoms with Gasteiger partial charge in [0.25, 0.3) is 5.91 Å². The Kier molecular flexibility index (Phi) is 3.52. The zero-order valence-electron chi connectivity index (χ0n) is 10.3. The van der Waals surface area contributed by atoms with E-state index in [9.17, 15) is 4.79 Å². The smallest absolute Gasteiger partial charge is 0.287 e. The number of amides is 1. The largest absolute Gasteiger partial charge is 0.459 e. The molecule has 1 aliphatic rings. The lowest BCUT2D eigenvalue weighted by atomic mass is 9.81. The number of hydrogen-bond donors (Lipinski definition) is 2. The fraction of sp³-hybridized carbons (Fsp3) is 0.615. The highest BCUT2D eigenvalue weighted by Gasteiger charge is 2.33. The summed E-state index contributed by atoms with van der Waals surface area (Å²) in [5.41, 5.74) is 6.47. The van der Waals surface area contributed by atoms with Gasteiger partial charge in [-0.1, -0.05) is 19.3 Å². The Morgan fingerprint density at radius 2 is 2.18 bits per heavy atom. The Morgan fingerprint density at radius 3 is 2.71 bits per heavy atom. The van der Waals surface area contributed by atoms with Gasteiger partial charge in [0.1, 0.15) is 0 Å². The molecule has 4 nitrogen and oxygen atoms in total. The lowest BCUT2D eigenvalue weighted by Crippen LogP contribution is -2.54. The van der Waals surface area contributed by atoms with Gasteiger partial charge in [-0.3, -0.25) is 4.79 Å². The summed E-state index contributed by atoms with van der Waals surface area (Å²) < 4.78 is 5.20. The van der Waals surface area contributed by atoms with Crippen molar-refractivity contribution in [1.82, 2.24) is 5.32 Å². The summed E-state index contributed by atoms with van der Waals surface area (Å²) in [5.74, 6) is 0.267. The molecule has 17 heavy (non-hydrogen) atoms. The standard InChI is InChI=1S/C13H20N2O2/c1-10-5-8-17-11(10)12(16)15-13(9-14)6-3-2-4-7-13/h5,8H,2-4,6-7,9,14H2,1H3,(H,15,16). The molecular formula is C13H20N2O2. The Balaban J connectivity index is 2.08. The molecule has 1 aromatic rings. The van der Waals surface area contributed by atoms with E-state index in [2.05, 4.69) is 5.32 Å². The summed E-state index contributed by atoms with van der Waals surface area (Å²) >= 11 is 0. The SMILES string of the molecule is Cc1ccoc1C(=O)NC1(CN)CCCCC1. The maximum Gasteiger partial charge on any atom is 0.287 e. The van der Waals surface area contributed by atoms with Crippen LogP contribution in [0.25, 0.3) is 0 Å². The van der Waals surface area contributed by atoms with Gasteiger partial charge >= 0.3 is 0 Å². The van der Waals surface area contributed by atoms with Crippen molar-refractivity contribution in [2.75, 3.05) is 6.54 Å². The molecule has 0 unspecified atom stereocenters. The van der Waals surface area contributed by atoms with Crippen molar-refractivity contribution in [3.8, 4) is 0 Å². The first-order valence-electron chi connectivity index (χ1n) is 6.23. The van der Waals surface area contributed by atoms with E-state index in [1.54, 1.807) is 12.3 Å². The predicted octanol–water partition coefficient (Wildman–Crippen LogP) is 1.98. The van der Waals surface area contributed by atoms with Gasteiger partial charge in [0, 0.05) is 12.1 Å². The number of nitrogens with one attached hydrogen (secondary N) is 1. The van der Waals surface area contributed by atoms with E-state index >= 15 is 0 Å². The maximum absolute atomic E-state index is 12.1. The zero-order chi connectivity index (χ0) is 12.3. The second kappa shape index (κ2) is 4.92. The third-order valence-electron chi connectivity index (χ3n) is 3.65. The summed E-state index contributed by atoms with van der Waals surface area (Å²) in [7, 11) is 0. The van der Waals surface area contributed by atoms with Gasteiger partial charge in [0.2, 0.25) is 0 Å². The van der Waals surface area contributed by atoms with Gasteiger partial charge in [0.05, 0.1) is 11.8 Å². The number of hydrogen-bond acceptors (Lipinski definition) is 3. The van der Waals surface area contributed by atoms with Crippen molar-refractivity contribution in [1.29, 1.82) is 0 Å². The quantitative estimate of drug-likeness (QED) is 0.843. The summed E-state index contributed by atoms with van der Waals surface area (Å²) in [4.78, 5) is 12.1. The molecular weight excluding hydrogens is 216 g/mol. The highest BCUT2D eigenvalue weighted by molar-refractivity contribution is 5.93. The molecule has 1 heterocycles. The van der Waals surface area contributed by atoms with Crippen molar-refractivity contribution in [3.05, 3.63) is 23.7 Å². The molecule has 0 bridgehead atoms. The molecule has 1 aliphatic carbocycles. The van der Waals surface area contributed by atoms with E-state index in [0.29, 0.717) is 12.3 Å². The van der Waals surface area contributed by atoms with Gasteiger partial charge < -0.3 is 15.5 Å². The molecule has 3 N–H and O–H groups in total. The Labute approximate surface area is 102 Å². The Hall–Kier alpha value is -1.29. The van der Waals surface area contributed by atoms with Crippen molar-refractivity contribution >= 4 is 5.91 Å². The number of nitrogens with two attached hydrogens (primary N) is 1. The maximum atomic E-state index is 12.1. The van der Waals surface area contributed by atoms with E-state index in [-0.39, 0.29) is 11.4 Å². The molecule has 1 aromatic heterocycles. The van der Waals surface area contributed by atoms with E-state index in [1.165, 1.54) is 6.42 Å². The number of furan rings is 1. The fourth-order valence-corrected chi connectivity index (χ4v) is 2.51. The third kappa shape index (κ3) is 2.52. The summed E-state index contributed by atoms with van der Waals surface area (Å²) in [6.07, 6.45) is 6.98. The van der Waals surface area contributed by atoms with Crippen LogP contribution in [-0.2, 0) is 0 Å². The van der Waals surface area contributed by atoms with Crippen molar-refractivity contribution in [2.24, 2.45) is 5.73 Å². The van der Waals surface area contributed by atoms with Crippen LogP contribution in [0.5, 0.6) is 0 Å². The van der Waals surface area contributed by atoms with E-state index in [4.69, 9.17) is 10.2 Å². The molecule has 0 aliphatic heterocycles. The van der Waals surface area contributed by atoms with Gasteiger partial charge in [-0.2, -0.15) is 0 Å². The van der Waals surface area contributed by atoms with Crippen LogP contribution in [0.3, 0.4) is 0 Å². The van der Waals surface area contributed by atoms with Crippen LogP contribution >= 0.6 is 0 Å². The number of carbonyl (C=O) groups is 1. The lowest BCUT2D eigenvalue weighted by Gasteiger charge is -2.36. The number of carbonyl (C=O) groups excluding carboxylic acids is 1. The highest BCUT2D eigenvalue weighted by Crippen LogP contribution is 2.27. The third-order valence-corrected chi connectivity index (χ3v) is 3.65. The second-order valence-electron chi connectivity index (χ2n) is 4.93. The normalized spacial score (nSPS) is 18.9. The van der Waals surface area contributed by atoms with Gasteiger partial charge in [-0.25, -0.2) is 0 Å². The van der Waals surface area contributed by atoms with Gasteiger partial charge in [-0.05, 0) is 25.8 Å². The monoisotopic (exact) mass is 236 g/mol. The van der Waals surface area contributed by atoms with E-state index in [1.807, 2.05) is 6.92 Å². The molecule has 0 spiro atoms. The summed E-state index contributed by atoms with van der Waals surface area (Å²) in [6, 6.07) is 1.80. The van der Waals surface area contributed by atoms with E-state index in [0.717, 1.165) is 31.2 Å². The van der Waals surface area contributed by atoms with Crippen molar-refractivity contribution in [3.63, 3.8) is 0 Å². The summed E-state index contributed by atoms with van der Waals surface area (Å²) in [6.45, 7) is 2.37. The molecule has 1 saturated carbocycles. The first-order chi connectivity index (χ1) is 8.17. The minimum Gasteiger partial charge on any atom is -0.459 e. The van der Waals surface area contributed by atoms with Crippen LogP contribution in [-0.4, -0.2) is 18.0 Å². The molecule has 94 valence electrons. The van der Waals surface area contributed by atoms with Crippen LogP contribution in [0.2, 0.25) is 0 Å². The zero-order valence-corrected chi connectivity index (χ0v) is 10.3. The van der Waals surface area contributed by atoms with E-state index < -0.39 is 0 Å². The molecule has 0 radical (unpaired) electrons. The minimum absolute atomic E-state index is 0.139. The Morgan fingerprint density at radius 1 is 1.47 bits per heavy atom. The van der Waals surface area contributed by atoms with Crippen molar-refractivity contribution in [2.45, 2.75) is 44.6 Å². The van der Waals surface area contributed by atoms with Crippen molar-refractivity contribution < 1.29 is 9.21 Å². The highest BCUT2D eigenvalue weighted by atomic mass is 16.3. The average Bonchev–Trinajstić information content (AvgIpc) is 2.77. The van der Waals surface area contributed by atoms with Crippen LogP contribution in [0.1, 0.15) is 48.2 Å². The Bertz CT molecular complexity index is 392. The van der Waals surface area contributed by atoms with Gasteiger partial charge in [0.15, 0.2) is 5.76 Å². The first kappa shape index (κ1) is 12.2. The minimum atomic E-state index is -0.228. The molecule has 1 fully saturated rings. The average molecular weight is 236 g/mol. The lowest BCUT2D eigenvalue weighted by molar-refractivity contribution is 0.0845. The predicted molar refractivity (Wildman–Crippen MR) is 65.8 cm³/mol. The molecule has 0 saturated heterocycles. The van der Waals surface area contributed by atoms with Crippen LogP contribution in [0.4, 0.5) is 0 Å². The molecule has 4 heteroatoms. The van der Waals surface area contributed by atoms with Crippen LogP contribution in [0.15, 0.2) is 16.7 Å². The molecule has 0 atom stereocenters. The first-order valence-corrected chi connectivity index (χ1v) is 6.23. The topological polar surface area (TPSA) is 68.3 Å². The molecule has 1 amide bonds.